The lowest BCUT2D eigenvalue weighted by atomic mass is 10.1. The van der Waals surface area contributed by atoms with Crippen molar-refractivity contribution in [2.24, 2.45) is 0 Å². The number of carbonyl (C=O) groups excluding carboxylic acids is 1. The van der Waals surface area contributed by atoms with Gasteiger partial charge in [0.05, 0.1) is 12.7 Å². The highest BCUT2D eigenvalue weighted by Crippen LogP contribution is 2.25. The van der Waals surface area contributed by atoms with Crippen molar-refractivity contribution in [2.75, 3.05) is 11.1 Å². The first kappa shape index (κ1) is 18.1. The van der Waals surface area contributed by atoms with Crippen molar-refractivity contribution in [3.63, 3.8) is 0 Å². The quantitative estimate of drug-likeness (QED) is 0.398. The van der Waals surface area contributed by atoms with Crippen LogP contribution in [0.1, 0.15) is 21.8 Å². The van der Waals surface area contributed by atoms with Crippen LogP contribution in [-0.4, -0.2) is 16.9 Å². The average molecular weight is 397 g/mol. The number of nitrogens with one attached hydrogen (secondary N) is 1. The molecule has 1 unspecified atom stereocenters. The summed E-state index contributed by atoms with van der Waals surface area (Å²) in [4.78, 5) is 18.1. The maximum absolute atomic E-state index is 13.2. The normalized spacial score (nSPS) is 15.1. The van der Waals surface area contributed by atoms with E-state index >= 15 is 0 Å². The molecule has 2 aromatic carbocycles. The van der Waals surface area contributed by atoms with Crippen molar-refractivity contribution in [1.29, 1.82) is 0 Å². The van der Waals surface area contributed by atoms with Gasteiger partial charge in [-0.05, 0) is 29.8 Å². The van der Waals surface area contributed by atoms with Crippen molar-refractivity contribution in [2.45, 2.75) is 18.9 Å². The Morgan fingerprint density at radius 1 is 1.03 bits per heavy atom. The molecular weight excluding hydrogens is 376 g/mol. The second-order valence-corrected chi connectivity index (χ2v) is 7.39. The molecular formula is C24H21N4O2+. The summed E-state index contributed by atoms with van der Waals surface area (Å²) in [6.07, 6.45) is 4.52. The minimum Gasteiger partial charge on any atom is -0.469 e. The third-order valence-electron chi connectivity index (χ3n) is 5.27. The van der Waals surface area contributed by atoms with Crippen molar-refractivity contribution in [3.05, 3.63) is 96.2 Å². The molecule has 3 N–H and O–H groups in total. The molecule has 5 rings (SSSR count). The SMILES string of the molecule is Nc1ccc(-c2c[n+]3c(c(Cc4ccccc4)n2)NC(Cc2ccco2)C3=O)cc1. The minimum atomic E-state index is -0.394. The molecule has 6 heteroatoms. The molecule has 0 spiro atoms. The standard InChI is InChI=1S/C24H20N4O2/c25-18-10-8-17(9-11-18)22-15-28-23(20(26-22)13-16-5-2-1-3-6-16)27-21(24(28)29)14-19-7-4-12-30-19/h1-12,15,21H,13-14,25H2/p+1. The van der Waals surface area contributed by atoms with Crippen LogP contribution in [0.5, 0.6) is 0 Å². The van der Waals surface area contributed by atoms with Crippen LogP contribution in [0.25, 0.3) is 11.3 Å². The third-order valence-corrected chi connectivity index (χ3v) is 5.27. The first-order valence-corrected chi connectivity index (χ1v) is 9.86. The van der Waals surface area contributed by atoms with Gasteiger partial charge in [-0.1, -0.05) is 42.5 Å². The van der Waals surface area contributed by atoms with Crippen LogP contribution >= 0.6 is 0 Å². The summed E-state index contributed by atoms with van der Waals surface area (Å²) in [7, 11) is 0. The second-order valence-electron chi connectivity index (χ2n) is 7.39. The van der Waals surface area contributed by atoms with E-state index in [0.717, 1.165) is 34.1 Å². The van der Waals surface area contributed by atoms with Crippen LogP contribution in [-0.2, 0) is 12.8 Å². The summed E-state index contributed by atoms with van der Waals surface area (Å²) in [5.74, 6) is 1.49. The maximum atomic E-state index is 13.2. The lowest BCUT2D eigenvalue weighted by Crippen LogP contribution is -2.44. The van der Waals surface area contributed by atoms with E-state index < -0.39 is 6.04 Å². The Bertz CT molecular complexity index is 1190. The number of nitrogens with zero attached hydrogens (tertiary/aromatic N) is 2. The Morgan fingerprint density at radius 3 is 2.57 bits per heavy atom. The number of benzene rings is 2. The molecule has 0 aliphatic carbocycles. The number of anilines is 2. The van der Waals surface area contributed by atoms with Crippen LogP contribution in [0.3, 0.4) is 0 Å². The summed E-state index contributed by atoms with van der Waals surface area (Å²) >= 11 is 0. The zero-order valence-corrected chi connectivity index (χ0v) is 16.3. The molecule has 0 amide bonds. The molecule has 0 radical (unpaired) electrons. The Labute approximate surface area is 174 Å². The van der Waals surface area contributed by atoms with E-state index in [0.29, 0.717) is 18.5 Å². The highest BCUT2D eigenvalue weighted by molar-refractivity contribution is 5.82. The Kier molecular flexibility index (Phi) is 4.52. The van der Waals surface area contributed by atoms with Gasteiger partial charge in [-0.2, -0.15) is 4.57 Å². The molecule has 0 saturated carbocycles. The molecule has 30 heavy (non-hydrogen) atoms. The minimum absolute atomic E-state index is 0.0187. The molecule has 0 bridgehead atoms. The number of hydrogen-bond acceptors (Lipinski definition) is 5. The fourth-order valence-corrected chi connectivity index (χ4v) is 3.75. The van der Waals surface area contributed by atoms with Gasteiger partial charge in [0.1, 0.15) is 23.3 Å². The number of fused-ring (bicyclic) bond motifs is 1. The lowest BCUT2D eigenvalue weighted by molar-refractivity contribution is -0.552. The zero-order valence-electron chi connectivity index (χ0n) is 16.3. The van der Waals surface area contributed by atoms with Crippen LogP contribution in [0, 0.1) is 0 Å². The predicted molar refractivity (Wildman–Crippen MR) is 114 cm³/mol. The van der Waals surface area contributed by atoms with E-state index in [9.17, 15) is 4.79 Å². The van der Waals surface area contributed by atoms with Gasteiger partial charge in [0, 0.05) is 17.7 Å². The molecule has 1 aliphatic heterocycles. The van der Waals surface area contributed by atoms with E-state index in [1.807, 2.05) is 54.6 Å². The monoisotopic (exact) mass is 397 g/mol. The molecule has 4 aromatic rings. The number of carbonyl (C=O) groups is 1. The van der Waals surface area contributed by atoms with E-state index in [2.05, 4.69) is 17.4 Å². The van der Waals surface area contributed by atoms with Crippen molar-refractivity contribution < 1.29 is 13.8 Å². The topological polar surface area (TPSA) is 85.0 Å². The molecule has 0 saturated heterocycles. The van der Waals surface area contributed by atoms with Crippen molar-refractivity contribution >= 4 is 17.4 Å². The molecule has 1 atom stereocenters. The summed E-state index contributed by atoms with van der Waals surface area (Å²) in [6.45, 7) is 0. The molecule has 2 aromatic heterocycles. The van der Waals surface area contributed by atoms with Gasteiger partial charge in [-0.15, -0.1) is 0 Å². The number of furan rings is 1. The molecule has 1 aliphatic rings. The van der Waals surface area contributed by atoms with E-state index in [1.54, 1.807) is 17.0 Å². The summed E-state index contributed by atoms with van der Waals surface area (Å²) in [5, 5.41) is 3.37. The van der Waals surface area contributed by atoms with Gasteiger partial charge in [-0.25, -0.2) is 9.78 Å². The van der Waals surface area contributed by atoms with Gasteiger partial charge in [0.25, 0.3) is 0 Å². The van der Waals surface area contributed by atoms with Crippen molar-refractivity contribution in [1.82, 2.24) is 4.98 Å². The van der Waals surface area contributed by atoms with Crippen LogP contribution < -0.4 is 15.6 Å². The number of aromatic nitrogens is 2. The third kappa shape index (κ3) is 3.43. The number of nitrogens with two attached hydrogens (primary N) is 1. The molecule has 3 heterocycles. The Hall–Kier alpha value is -3.93. The summed E-state index contributed by atoms with van der Waals surface area (Å²) < 4.78 is 7.13. The smallest absolute Gasteiger partial charge is 0.359 e. The fraction of sp³-hybridized carbons (Fsp3) is 0.125. The van der Waals surface area contributed by atoms with Crippen LogP contribution in [0.15, 0.2) is 83.6 Å². The zero-order chi connectivity index (χ0) is 20.5. The highest BCUT2D eigenvalue weighted by atomic mass is 16.3. The predicted octanol–water partition coefficient (Wildman–Crippen LogP) is 3.48. The molecule has 0 fully saturated rings. The highest BCUT2D eigenvalue weighted by Gasteiger charge is 2.41. The second kappa shape index (κ2) is 7.48. The van der Waals surface area contributed by atoms with Gasteiger partial charge >= 0.3 is 11.7 Å². The van der Waals surface area contributed by atoms with Crippen LogP contribution in [0.4, 0.5) is 11.5 Å². The average Bonchev–Trinajstić information content (AvgIpc) is 3.38. The Balaban J connectivity index is 1.56. The number of rotatable bonds is 5. The number of hydrogen-bond donors (Lipinski definition) is 2. The Morgan fingerprint density at radius 2 is 1.83 bits per heavy atom. The van der Waals surface area contributed by atoms with Crippen LogP contribution in [0.2, 0.25) is 0 Å². The maximum Gasteiger partial charge on any atom is 0.359 e. The summed E-state index contributed by atoms with van der Waals surface area (Å²) in [6, 6.07) is 21.0. The first-order valence-electron chi connectivity index (χ1n) is 9.86. The molecule has 6 nitrogen and oxygen atoms in total. The van der Waals surface area contributed by atoms with Gasteiger partial charge in [0.2, 0.25) is 6.04 Å². The lowest BCUT2D eigenvalue weighted by Gasteiger charge is -2.07. The van der Waals surface area contributed by atoms with Gasteiger partial charge in [-0.3, -0.25) is 5.32 Å². The van der Waals surface area contributed by atoms with Gasteiger partial charge < -0.3 is 10.2 Å². The van der Waals surface area contributed by atoms with Crippen molar-refractivity contribution in [3.8, 4) is 11.3 Å². The van der Waals surface area contributed by atoms with E-state index in [-0.39, 0.29) is 5.91 Å². The number of nitrogen functional groups attached to an aromatic ring is 1. The van der Waals surface area contributed by atoms with E-state index in [4.69, 9.17) is 15.1 Å². The first-order chi connectivity index (χ1) is 14.7. The molecule has 148 valence electrons. The summed E-state index contributed by atoms with van der Waals surface area (Å²) in [5.41, 5.74) is 10.1. The van der Waals surface area contributed by atoms with E-state index in [1.165, 1.54) is 0 Å². The van der Waals surface area contributed by atoms with Gasteiger partial charge in [0.15, 0.2) is 0 Å². The largest absolute Gasteiger partial charge is 0.469 e. The fourth-order valence-electron chi connectivity index (χ4n) is 3.75.